The number of carbonyl (C=O) groups is 1. The summed E-state index contributed by atoms with van der Waals surface area (Å²) in [4.78, 5) is 12.0. The quantitative estimate of drug-likeness (QED) is 0.686. The molecule has 1 aliphatic heterocycles. The van der Waals surface area contributed by atoms with Crippen LogP contribution in [0.1, 0.15) is 24.0 Å². The Kier molecular flexibility index (Phi) is 7.68. The van der Waals surface area contributed by atoms with Gasteiger partial charge in [-0.1, -0.05) is 40.2 Å². The van der Waals surface area contributed by atoms with Gasteiger partial charge in [0.25, 0.3) is 5.91 Å². The van der Waals surface area contributed by atoms with Gasteiger partial charge in [-0.25, -0.2) is 0 Å². The summed E-state index contributed by atoms with van der Waals surface area (Å²) in [6.45, 7) is 2.60. The van der Waals surface area contributed by atoms with Gasteiger partial charge in [0, 0.05) is 24.2 Å². The summed E-state index contributed by atoms with van der Waals surface area (Å²) in [6.07, 6.45) is 2.18. The first kappa shape index (κ1) is 19.9. The van der Waals surface area contributed by atoms with Crippen LogP contribution in [0.25, 0.3) is 0 Å². The highest BCUT2D eigenvalue weighted by atomic mass is 79.9. The van der Waals surface area contributed by atoms with E-state index in [1.807, 2.05) is 42.5 Å². The van der Waals surface area contributed by atoms with Crippen LogP contribution in [0.4, 0.5) is 0 Å². The van der Waals surface area contributed by atoms with E-state index in [4.69, 9.17) is 14.2 Å². The Morgan fingerprint density at radius 3 is 2.63 bits per heavy atom. The zero-order valence-electron chi connectivity index (χ0n) is 15.2. The maximum Gasteiger partial charge on any atom is 0.258 e. The summed E-state index contributed by atoms with van der Waals surface area (Å²) in [7, 11) is 0. The Balaban J connectivity index is 1.40. The van der Waals surface area contributed by atoms with Gasteiger partial charge < -0.3 is 19.5 Å². The molecule has 2 aromatic rings. The van der Waals surface area contributed by atoms with Crippen LogP contribution in [-0.2, 0) is 27.4 Å². The zero-order chi connectivity index (χ0) is 18.9. The fourth-order valence-electron chi connectivity index (χ4n) is 2.82. The molecule has 144 valence electrons. The average Bonchev–Trinajstić information content (AvgIpc) is 2.71. The largest absolute Gasteiger partial charge is 0.484 e. The van der Waals surface area contributed by atoms with Crippen molar-refractivity contribution in [2.24, 2.45) is 0 Å². The van der Waals surface area contributed by atoms with Crippen molar-refractivity contribution >= 4 is 21.8 Å². The first-order valence-corrected chi connectivity index (χ1v) is 9.90. The Hall–Kier alpha value is -1.89. The third-order valence-electron chi connectivity index (χ3n) is 4.32. The van der Waals surface area contributed by atoms with E-state index in [9.17, 15) is 4.79 Å². The Bertz CT molecular complexity index is 729. The van der Waals surface area contributed by atoms with Crippen molar-refractivity contribution in [3.05, 3.63) is 64.1 Å². The molecule has 6 heteroatoms. The molecule has 0 radical (unpaired) electrons. The van der Waals surface area contributed by atoms with Crippen LogP contribution < -0.4 is 10.1 Å². The van der Waals surface area contributed by atoms with Crippen molar-refractivity contribution in [1.82, 2.24) is 5.32 Å². The van der Waals surface area contributed by atoms with Crippen LogP contribution in [0, 0.1) is 0 Å². The van der Waals surface area contributed by atoms with Gasteiger partial charge in [-0.2, -0.15) is 0 Å². The molecule has 1 amide bonds. The second-order valence-electron chi connectivity index (χ2n) is 6.46. The highest BCUT2D eigenvalue weighted by Crippen LogP contribution is 2.16. The summed E-state index contributed by atoms with van der Waals surface area (Å²) in [5, 5.41) is 2.88. The van der Waals surface area contributed by atoms with Crippen LogP contribution in [0.15, 0.2) is 53.0 Å². The molecule has 0 spiro atoms. The summed E-state index contributed by atoms with van der Waals surface area (Å²) in [6, 6.07) is 15.5. The van der Waals surface area contributed by atoms with Crippen LogP contribution in [0.3, 0.4) is 0 Å². The van der Waals surface area contributed by atoms with E-state index in [0.29, 0.717) is 18.9 Å². The molecule has 0 unspecified atom stereocenters. The van der Waals surface area contributed by atoms with Crippen molar-refractivity contribution in [3.8, 4) is 5.75 Å². The molecular weight excluding hydrogens is 410 g/mol. The summed E-state index contributed by atoms with van der Waals surface area (Å²) >= 11 is 3.37. The molecule has 0 bridgehead atoms. The van der Waals surface area contributed by atoms with E-state index in [0.717, 1.165) is 41.7 Å². The van der Waals surface area contributed by atoms with Crippen LogP contribution in [0.5, 0.6) is 5.75 Å². The minimum Gasteiger partial charge on any atom is -0.484 e. The van der Waals surface area contributed by atoms with Crippen molar-refractivity contribution in [2.75, 3.05) is 19.8 Å². The van der Waals surface area contributed by atoms with Crippen LogP contribution in [-0.4, -0.2) is 31.8 Å². The average molecular weight is 434 g/mol. The molecule has 27 heavy (non-hydrogen) atoms. The van der Waals surface area contributed by atoms with E-state index in [1.54, 1.807) is 0 Å². The Labute approximate surface area is 168 Å². The Morgan fingerprint density at radius 2 is 1.85 bits per heavy atom. The van der Waals surface area contributed by atoms with Crippen molar-refractivity contribution in [3.63, 3.8) is 0 Å². The molecule has 0 aromatic heterocycles. The van der Waals surface area contributed by atoms with Crippen molar-refractivity contribution in [2.45, 2.75) is 32.1 Å². The van der Waals surface area contributed by atoms with Gasteiger partial charge in [0.15, 0.2) is 6.61 Å². The third-order valence-corrected chi connectivity index (χ3v) is 4.85. The van der Waals surface area contributed by atoms with Gasteiger partial charge in [-0.05, 0) is 48.2 Å². The highest BCUT2D eigenvalue weighted by Gasteiger charge is 2.14. The molecule has 1 fully saturated rings. The van der Waals surface area contributed by atoms with E-state index in [2.05, 4.69) is 27.3 Å². The van der Waals surface area contributed by atoms with E-state index >= 15 is 0 Å². The van der Waals surface area contributed by atoms with Gasteiger partial charge >= 0.3 is 0 Å². The number of ether oxygens (including phenoxy) is 3. The van der Waals surface area contributed by atoms with Crippen LogP contribution in [0.2, 0.25) is 0 Å². The van der Waals surface area contributed by atoms with Crippen molar-refractivity contribution in [1.29, 1.82) is 0 Å². The maximum absolute atomic E-state index is 12.0. The molecule has 1 N–H and O–H groups in total. The molecule has 3 rings (SSSR count). The standard InChI is InChI=1S/C21H24BrNO4/c22-18-4-6-19(7-5-18)27-15-21(24)23-13-16-2-1-3-17(12-16)14-26-20-8-10-25-11-9-20/h1-7,12,20H,8-11,13-15H2,(H,23,24). The summed E-state index contributed by atoms with van der Waals surface area (Å²) in [5.41, 5.74) is 2.15. The van der Waals surface area contributed by atoms with Gasteiger partial charge in [0.05, 0.1) is 12.7 Å². The van der Waals surface area contributed by atoms with E-state index < -0.39 is 0 Å². The Morgan fingerprint density at radius 1 is 1.11 bits per heavy atom. The number of nitrogens with one attached hydrogen (secondary N) is 1. The smallest absolute Gasteiger partial charge is 0.258 e. The van der Waals surface area contributed by atoms with Gasteiger partial charge in [0.1, 0.15) is 5.75 Å². The van der Waals surface area contributed by atoms with Gasteiger partial charge in [-0.15, -0.1) is 0 Å². The predicted molar refractivity (Wildman–Crippen MR) is 107 cm³/mol. The fourth-order valence-corrected chi connectivity index (χ4v) is 3.08. The second-order valence-corrected chi connectivity index (χ2v) is 7.38. The highest BCUT2D eigenvalue weighted by molar-refractivity contribution is 9.10. The SMILES string of the molecule is O=C(COc1ccc(Br)cc1)NCc1cccc(COC2CCOCC2)c1. The monoisotopic (exact) mass is 433 g/mol. The van der Waals surface area contributed by atoms with Gasteiger partial charge in [0.2, 0.25) is 0 Å². The lowest BCUT2D eigenvalue weighted by Gasteiger charge is -2.22. The number of rotatable bonds is 8. The predicted octanol–water partition coefficient (Wildman–Crippen LogP) is 3.84. The summed E-state index contributed by atoms with van der Waals surface area (Å²) in [5.74, 6) is 0.516. The number of benzene rings is 2. The summed E-state index contributed by atoms with van der Waals surface area (Å²) < 4.78 is 17.8. The second kappa shape index (κ2) is 10.4. The molecule has 5 nitrogen and oxygen atoms in total. The lowest BCUT2D eigenvalue weighted by Crippen LogP contribution is -2.28. The molecular formula is C21H24BrNO4. The van der Waals surface area contributed by atoms with E-state index in [1.165, 1.54) is 0 Å². The number of hydrogen-bond donors (Lipinski definition) is 1. The molecule has 1 heterocycles. The third kappa shape index (κ3) is 6.97. The topological polar surface area (TPSA) is 56.8 Å². The molecule has 1 aliphatic rings. The molecule has 1 saturated heterocycles. The van der Waals surface area contributed by atoms with Crippen molar-refractivity contribution < 1.29 is 19.0 Å². The minimum atomic E-state index is -0.151. The number of hydrogen-bond acceptors (Lipinski definition) is 4. The lowest BCUT2D eigenvalue weighted by molar-refractivity contribution is -0.123. The first-order chi connectivity index (χ1) is 13.2. The minimum absolute atomic E-state index is 0.00577. The lowest BCUT2D eigenvalue weighted by atomic mass is 10.1. The van der Waals surface area contributed by atoms with Crippen LogP contribution >= 0.6 is 15.9 Å². The van der Waals surface area contributed by atoms with E-state index in [-0.39, 0.29) is 18.6 Å². The number of halogens is 1. The van der Waals surface area contributed by atoms with Gasteiger partial charge in [-0.3, -0.25) is 4.79 Å². The molecule has 0 aliphatic carbocycles. The first-order valence-electron chi connectivity index (χ1n) is 9.11. The zero-order valence-corrected chi connectivity index (χ0v) is 16.7. The number of amides is 1. The fraction of sp³-hybridized carbons (Fsp3) is 0.381. The maximum atomic E-state index is 12.0. The normalized spacial score (nSPS) is 14.7. The molecule has 0 atom stereocenters. The molecule has 2 aromatic carbocycles. The molecule has 0 saturated carbocycles. The number of carbonyl (C=O) groups excluding carboxylic acids is 1.